The largest absolute Gasteiger partial charge is 0.481 e. The lowest BCUT2D eigenvalue weighted by atomic mass is 10.1. The maximum absolute atomic E-state index is 11.8. The topological polar surface area (TPSA) is 202 Å². The Balaban J connectivity index is 4.28. The number of carbonyl (C=O) groups excluding carboxylic acids is 1. The van der Waals surface area contributed by atoms with Crippen LogP contribution in [0.15, 0.2) is 0 Å². The van der Waals surface area contributed by atoms with Gasteiger partial charge in [-0.05, 0) is 25.8 Å². The zero-order valence-corrected chi connectivity index (χ0v) is 14.6. The number of carboxylic acid groups (broad SMARTS) is 4. The van der Waals surface area contributed by atoms with Crippen LogP contribution in [0, 0.1) is 0 Å². The van der Waals surface area contributed by atoms with Crippen LogP contribution in [0.4, 0.5) is 4.79 Å². The number of urea groups is 1. The molecule has 0 saturated heterocycles. The van der Waals surface area contributed by atoms with E-state index in [1.54, 1.807) is 0 Å². The number of unbranched alkanes of at least 4 members (excludes halogenated alkanes) is 2. The number of carboxylic acids is 4. The number of nitrogens with one attached hydrogen (secondary N) is 3. The van der Waals surface area contributed by atoms with Crippen LogP contribution >= 0.6 is 0 Å². The fourth-order valence-electron chi connectivity index (χ4n) is 2.11. The zero-order chi connectivity index (χ0) is 20.8. The number of carbonyl (C=O) groups is 5. The third kappa shape index (κ3) is 13.0. The highest BCUT2D eigenvalue weighted by molar-refractivity contribution is 5.86. The fraction of sp³-hybridized carbons (Fsp3) is 0.667. The van der Waals surface area contributed by atoms with E-state index in [0.29, 0.717) is 25.8 Å². The summed E-state index contributed by atoms with van der Waals surface area (Å²) in [5, 5.41) is 42.0. The molecular formula is C15H25N3O9. The Kier molecular flexibility index (Phi) is 11.9. The van der Waals surface area contributed by atoms with Crippen molar-refractivity contribution in [3.8, 4) is 0 Å². The van der Waals surface area contributed by atoms with Crippen LogP contribution in [-0.2, 0) is 19.2 Å². The highest BCUT2D eigenvalue weighted by atomic mass is 16.4. The molecule has 0 aromatic rings. The van der Waals surface area contributed by atoms with Crippen LogP contribution in [0.5, 0.6) is 0 Å². The van der Waals surface area contributed by atoms with E-state index >= 15 is 0 Å². The molecule has 0 unspecified atom stereocenters. The van der Waals surface area contributed by atoms with Gasteiger partial charge in [0.25, 0.3) is 0 Å². The van der Waals surface area contributed by atoms with Gasteiger partial charge in [-0.25, -0.2) is 14.4 Å². The molecule has 2 amide bonds. The summed E-state index contributed by atoms with van der Waals surface area (Å²) in [4.78, 5) is 54.8. The highest BCUT2D eigenvalue weighted by Crippen LogP contribution is 2.05. The molecule has 0 aliphatic rings. The lowest BCUT2D eigenvalue weighted by molar-refractivity contribution is -0.141. The first-order valence-corrected chi connectivity index (χ1v) is 8.30. The molecule has 0 fully saturated rings. The van der Waals surface area contributed by atoms with Gasteiger partial charge in [0.05, 0.1) is 6.54 Å². The fourth-order valence-corrected chi connectivity index (χ4v) is 2.11. The third-order valence-electron chi connectivity index (χ3n) is 3.48. The molecule has 0 aromatic carbocycles. The monoisotopic (exact) mass is 391 g/mol. The van der Waals surface area contributed by atoms with E-state index in [1.807, 2.05) is 5.32 Å². The summed E-state index contributed by atoms with van der Waals surface area (Å²) in [5.74, 6) is -4.90. The normalized spacial score (nSPS) is 12.6. The molecular weight excluding hydrogens is 366 g/mol. The zero-order valence-electron chi connectivity index (χ0n) is 14.6. The molecule has 0 spiro atoms. The number of hydrogen-bond donors (Lipinski definition) is 7. The lowest BCUT2D eigenvalue weighted by Crippen LogP contribution is -2.51. The van der Waals surface area contributed by atoms with Crippen LogP contribution < -0.4 is 16.0 Å². The van der Waals surface area contributed by atoms with Gasteiger partial charge in [0.15, 0.2) is 0 Å². The first kappa shape index (κ1) is 24.1. The Morgan fingerprint density at radius 3 is 1.74 bits per heavy atom. The van der Waals surface area contributed by atoms with Gasteiger partial charge < -0.3 is 36.4 Å². The van der Waals surface area contributed by atoms with Crippen LogP contribution in [0.25, 0.3) is 0 Å². The van der Waals surface area contributed by atoms with E-state index < -0.39 is 48.4 Å². The van der Waals surface area contributed by atoms with Crippen molar-refractivity contribution < 1.29 is 44.4 Å². The van der Waals surface area contributed by atoms with Gasteiger partial charge >= 0.3 is 29.9 Å². The van der Waals surface area contributed by atoms with Crippen molar-refractivity contribution >= 4 is 29.9 Å². The first-order chi connectivity index (χ1) is 12.6. The van der Waals surface area contributed by atoms with Crippen molar-refractivity contribution in [1.82, 2.24) is 16.0 Å². The van der Waals surface area contributed by atoms with E-state index in [-0.39, 0.29) is 19.4 Å². The highest BCUT2D eigenvalue weighted by Gasteiger charge is 2.24. The van der Waals surface area contributed by atoms with Crippen molar-refractivity contribution in [2.45, 2.75) is 50.6 Å². The molecule has 154 valence electrons. The minimum Gasteiger partial charge on any atom is -0.481 e. The average molecular weight is 391 g/mol. The summed E-state index contributed by atoms with van der Waals surface area (Å²) in [7, 11) is 0. The molecule has 0 aliphatic heterocycles. The number of amides is 2. The summed E-state index contributed by atoms with van der Waals surface area (Å²) in [6, 6.07) is -3.69. The molecule has 12 nitrogen and oxygen atoms in total. The molecule has 0 saturated carbocycles. The molecule has 0 heterocycles. The molecule has 0 radical (unpaired) electrons. The van der Waals surface area contributed by atoms with E-state index in [1.165, 1.54) is 0 Å². The van der Waals surface area contributed by atoms with E-state index in [9.17, 15) is 24.0 Å². The molecule has 12 heteroatoms. The minimum absolute atomic E-state index is 0.106. The van der Waals surface area contributed by atoms with Crippen molar-refractivity contribution in [2.24, 2.45) is 0 Å². The number of rotatable bonds is 15. The van der Waals surface area contributed by atoms with Crippen molar-refractivity contribution in [3.05, 3.63) is 0 Å². The van der Waals surface area contributed by atoms with Crippen molar-refractivity contribution in [2.75, 3.05) is 13.1 Å². The molecule has 2 atom stereocenters. The van der Waals surface area contributed by atoms with Crippen molar-refractivity contribution in [1.29, 1.82) is 0 Å². The van der Waals surface area contributed by atoms with Gasteiger partial charge in [0, 0.05) is 6.42 Å². The predicted octanol–water partition coefficient (Wildman–Crippen LogP) is -0.709. The molecule has 0 aromatic heterocycles. The summed E-state index contributed by atoms with van der Waals surface area (Å²) >= 11 is 0. The van der Waals surface area contributed by atoms with Gasteiger partial charge in [-0.15, -0.1) is 0 Å². The van der Waals surface area contributed by atoms with Gasteiger partial charge in [0.2, 0.25) is 0 Å². The molecule has 0 aliphatic carbocycles. The van der Waals surface area contributed by atoms with E-state index in [2.05, 4.69) is 10.6 Å². The summed E-state index contributed by atoms with van der Waals surface area (Å²) in [6.07, 6.45) is 0.995. The molecule has 27 heavy (non-hydrogen) atoms. The van der Waals surface area contributed by atoms with Gasteiger partial charge in [0.1, 0.15) is 12.1 Å². The van der Waals surface area contributed by atoms with Crippen LogP contribution in [-0.4, -0.2) is 75.5 Å². The summed E-state index contributed by atoms with van der Waals surface area (Å²) < 4.78 is 0. The van der Waals surface area contributed by atoms with Gasteiger partial charge in [-0.2, -0.15) is 0 Å². The average Bonchev–Trinajstić information content (AvgIpc) is 2.55. The van der Waals surface area contributed by atoms with Crippen LogP contribution in [0.1, 0.15) is 38.5 Å². The lowest BCUT2D eigenvalue weighted by Gasteiger charge is -2.18. The smallest absolute Gasteiger partial charge is 0.326 e. The quantitative estimate of drug-likeness (QED) is 0.175. The van der Waals surface area contributed by atoms with Gasteiger partial charge in [-0.3, -0.25) is 9.59 Å². The Morgan fingerprint density at radius 2 is 1.26 bits per heavy atom. The number of aliphatic carboxylic acids is 4. The summed E-state index contributed by atoms with van der Waals surface area (Å²) in [6.45, 7) is 0.300. The molecule has 0 rings (SSSR count). The Labute approximate surface area is 154 Å². The maximum Gasteiger partial charge on any atom is 0.326 e. The molecule has 7 N–H and O–H groups in total. The Hall–Kier alpha value is -2.89. The van der Waals surface area contributed by atoms with Crippen LogP contribution in [0.2, 0.25) is 0 Å². The third-order valence-corrected chi connectivity index (χ3v) is 3.48. The Morgan fingerprint density at radius 1 is 0.704 bits per heavy atom. The summed E-state index contributed by atoms with van der Waals surface area (Å²) in [5.41, 5.74) is 0. The standard InChI is InChI=1S/C15H25N3O9/c19-11(20)6-5-10(14(25)26)18-15(27)17-9(13(23)24)4-2-1-3-7-16-8-12(21)22/h9-10,16H,1-8H2,(H,19,20)(H,21,22)(H,23,24)(H,25,26)(H2,17,18,27)/t9-,10-/m0/s1. The predicted molar refractivity (Wildman–Crippen MR) is 90.4 cm³/mol. The first-order valence-electron chi connectivity index (χ1n) is 8.30. The van der Waals surface area contributed by atoms with Crippen LogP contribution in [0.3, 0.4) is 0 Å². The SMILES string of the molecule is O=C(O)CC[C@H](NC(=O)N[C@@H](CCCCCNCC(=O)O)C(=O)O)C(=O)O. The number of hydrogen-bond acceptors (Lipinski definition) is 6. The van der Waals surface area contributed by atoms with E-state index in [0.717, 1.165) is 0 Å². The van der Waals surface area contributed by atoms with Gasteiger partial charge in [-0.1, -0.05) is 12.8 Å². The maximum atomic E-state index is 11.8. The van der Waals surface area contributed by atoms with E-state index in [4.69, 9.17) is 20.4 Å². The van der Waals surface area contributed by atoms with Crippen molar-refractivity contribution in [3.63, 3.8) is 0 Å². The Bertz CT molecular complexity index is 539. The second-order valence-electron chi connectivity index (χ2n) is 5.75. The molecule has 0 bridgehead atoms. The minimum atomic E-state index is -1.45. The second kappa shape index (κ2) is 13.3. The second-order valence-corrected chi connectivity index (χ2v) is 5.75.